The minimum atomic E-state index is -0.206. The lowest BCUT2D eigenvalue weighted by Crippen LogP contribution is -2.11. The highest BCUT2D eigenvalue weighted by atomic mass is 32.1. The molecule has 1 heterocycles. The first-order valence-electron chi connectivity index (χ1n) is 9.73. The number of amides is 2. The molecule has 0 fully saturated rings. The van der Waals surface area contributed by atoms with Crippen molar-refractivity contribution < 1.29 is 9.59 Å². The summed E-state index contributed by atoms with van der Waals surface area (Å²) >= 11 is 1.37. The molecule has 0 atom stereocenters. The fourth-order valence-corrected chi connectivity index (χ4v) is 4.25. The van der Waals surface area contributed by atoms with Gasteiger partial charge in [0.15, 0.2) is 5.13 Å². The van der Waals surface area contributed by atoms with Crippen LogP contribution >= 0.6 is 11.3 Å². The van der Waals surface area contributed by atoms with E-state index in [2.05, 4.69) is 15.6 Å². The number of benzene rings is 4. The highest BCUT2D eigenvalue weighted by Gasteiger charge is 2.12. The molecule has 0 aliphatic rings. The zero-order valence-electron chi connectivity index (χ0n) is 16.3. The molecule has 0 radical (unpaired) electrons. The summed E-state index contributed by atoms with van der Waals surface area (Å²) in [6, 6.07) is 28.1. The number of carbonyl (C=O) groups is 2. The van der Waals surface area contributed by atoms with E-state index < -0.39 is 0 Å². The third-order valence-electron chi connectivity index (χ3n) is 4.91. The van der Waals surface area contributed by atoms with Gasteiger partial charge in [0, 0.05) is 16.8 Å². The van der Waals surface area contributed by atoms with Gasteiger partial charge in [-0.15, -0.1) is 0 Å². The van der Waals surface area contributed by atoms with Gasteiger partial charge in [-0.3, -0.25) is 14.9 Å². The summed E-state index contributed by atoms with van der Waals surface area (Å²) in [7, 11) is 0. The summed E-state index contributed by atoms with van der Waals surface area (Å²) in [6.45, 7) is 0. The fourth-order valence-electron chi connectivity index (χ4n) is 3.35. The molecule has 5 aromatic rings. The van der Waals surface area contributed by atoms with Crippen molar-refractivity contribution in [1.82, 2.24) is 4.98 Å². The molecule has 0 aliphatic heterocycles. The lowest BCUT2D eigenvalue weighted by molar-refractivity contribution is 0.101. The number of anilines is 2. The van der Waals surface area contributed by atoms with Crippen LogP contribution in [0.2, 0.25) is 0 Å². The van der Waals surface area contributed by atoms with E-state index in [-0.39, 0.29) is 11.8 Å². The van der Waals surface area contributed by atoms with Crippen molar-refractivity contribution in [2.24, 2.45) is 0 Å². The summed E-state index contributed by atoms with van der Waals surface area (Å²) in [5.74, 6) is -0.378. The minimum Gasteiger partial charge on any atom is -0.322 e. The molecule has 2 amide bonds. The maximum atomic E-state index is 12.7. The van der Waals surface area contributed by atoms with Gasteiger partial charge in [0.05, 0.1) is 10.2 Å². The van der Waals surface area contributed by atoms with Gasteiger partial charge in [-0.2, -0.15) is 0 Å². The molecule has 0 bridgehead atoms. The number of nitrogens with zero attached hydrogens (tertiary/aromatic N) is 1. The van der Waals surface area contributed by atoms with Crippen LogP contribution in [0.25, 0.3) is 21.0 Å². The van der Waals surface area contributed by atoms with Gasteiger partial charge in [0.1, 0.15) is 0 Å². The number of thiazole rings is 1. The molecular formula is C25H17N3O2S. The smallest absolute Gasteiger partial charge is 0.257 e. The van der Waals surface area contributed by atoms with E-state index in [1.165, 1.54) is 11.3 Å². The van der Waals surface area contributed by atoms with Crippen LogP contribution < -0.4 is 10.6 Å². The van der Waals surface area contributed by atoms with Gasteiger partial charge < -0.3 is 5.32 Å². The first-order valence-corrected chi connectivity index (χ1v) is 10.5. The van der Waals surface area contributed by atoms with Crippen molar-refractivity contribution in [2.75, 3.05) is 10.6 Å². The highest BCUT2D eigenvalue weighted by molar-refractivity contribution is 7.22. The van der Waals surface area contributed by atoms with Gasteiger partial charge in [-0.25, -0.2) is 4.98 Å². The molecule has 0 spiro atoms. The van der Waals surface area contributed by atoms with E-state index in [9.17, 15) is 9.59 Å². The molecule has 1 aromatic heterocycles. The van der Waals surface area contributed by atoms with E-state index in [4.69, 9.17) is 0 Å². The van der Waals surface area contributed by atoms with Crippen LogP contribution in [-0.4, -0.2) is 16.8 Å². The normalized spacial score (nSPS) is 10.8. The summed E-state index contributed by atoms with van der Waals surface area (Å²) < 4.78 is 0.875. The Balaban J connectivity index is 1.34. The fraction of sp³-hybridized carbons (Fsp3) is 0. The predicted octanol–water partition coefficient (Wildman–Crippen LogP) is 5.95. The van der Waals surface area contributed by atoms with Gasteiger partial charge >= 0.3 is 0 Å². The molecule has 31 heavy (non-hydrogen) atoms. The summed E-state index contributed by atoms with van der Waals surface area (Å²) in [6.07, 6.45) is 0. The van der Waals surface area contributed by atoms with E-state index in [0.29, 0.717) is 21.9 Å². The molecule has 0 aliphatic carbocycles. The van der Waals surface area contributed by atoms with E-state index in [1.807, 2.05) is 72.8 Å². The number of nitrogens with one attached hydrogen (secondary N) is 2. The molecule has 6 heteroatoms. The van der Waals surface area contributed by atoms with Gasteiger partial charge in [-0.1, -0.05) is 59.9 Å². The monoisotopic (exact) mass is 423 g/mol. The molecule has 5 nitrogen and oxygen atoms in total. The quantitative estimate of drug-likeness (QED) is 0.375. The Hall–Kier alpha value is -4.03. The van der Waals surface area contributed by atoms with Gasteiger partial charge in [0.2, 0.25) is 0 Å². The zero-order valence-corrected chi connectivity index (χ0v) is 17.1. The molecule has 0 unspecified atom stereocenters. The van der Waals surface area contributed by atoms with Crippen LogP contribution in [0, 0.1) is 0 Å². The van der Waals surface area contributed by atoms with Crippen LogP contribution in [0.4, 0.5) is 10.8 Å². The van der Waals surface area contributed by atoms with Crippen LogP contribution in [-0.2, 0) is 0 Å². The third-order valence-corrected chi connectivity index (χ3v) is 5.85. The minimum absolute atomic E-state index is 0.172. The zero-order chi connectivity index (χ0) is 21.2. The Labute approximate surface area is 182 Å². The molecule has 0 saturated carbocycles. The van der Waals surface area contributed by atoms with Crippen LogP contribution in [0.1, 0.15) is 20.7 Å². The largest absolute Gasteiger partial charge is 0.322 e. The first-order chi connectivity index (χ1) is 15.2. The standard InChI is InChI=1S/C25H17N3O2S/c29-23(17-7-2-1-3-8-17)26-20-12-13-21-22(15-20)31-25(27-21)28-24(30)19-11-10-16-6-4-5-9-18(16)14-19/h1-15H,(H,26,29)(H,27,28,30). The molecule has 0 saturated heterocycles. The molecule has 5 rings (SSSR count). The highest BCUT2D eigenvalue weighted by Crippen LogP contribution is 2.29. The second-order valence-electron chi connectivity index (χ2n) is 7.04. The topological polar surface area (TPSA) is 71.1 Å². The predicted molar refractivity (Wildman–Crippen MR) is 126 cm³/mol. The van der Waals surface area contributed by atoms with Gasteiger partial charge in [0.25, 0.3) is 11.8 Å². The SMILES string of the molecule is O=C(Nc1ccc2nc(NC(=O)c3ccc4ccccc4c3)sc2c1)c1ccccc1. The number of hydrogen-bond acceptors (Lipinski definition) is 4. The second kappa shape index (κ2) is 8.01. The third kappa shape index (κ3) is 4.01. The van der Waals surface area contributed by atoms with E-state index in [0.717, 1.165) is 21.0 Å². The first kappa shape index (κ1) is 19.0. The van der Waals surface area contributed by atoms with E-state index >= 15 is 0 Å². The van der Waals surface area contributed by atoms with Crippen LogP contribution in [0.3, 0.4) is 0 Å². The molecular weight excluding hydrogens is 406 g/mol. The maximum absolute atomic E-state index is 12.7. The Kier molecular flexibility index (Phi) is 4.90. The molecule has 4 aromatic carbocycles. The summed E-state index contributed by atoms with van der Waals surface area (Å²) in [5.41, 5.74) is 2.61. The van der Waals surface area contributed by atoms with Crippen molar-refractivity contribution >= 4 is 55.0 Å². The van der Waals surface area contributed by atoms with Crippen LogP contribution in [0.5, 0.6) is 0 Å². The average Bonchev–Trinajstić information content (AvgIpc) is 3.20. The molecule has 2 N–H and O–H groups in total. The van der Waals surface area contributed by atoms with Crippen LogP contribution in [0.15, 0.2) is 91.0 Å². The molecule has 150 valence electrons. The number of rotatable bonds is 4. The maximum Gasteiger partial charge on any atom is 0.257 e. The number of aromatic nitrogens is 1. The second-order valence-corrected chi connectivity index (χ2v) is 8.07. The summed E-state index contributed by atoms with van der Waals surface area (Å²) in [4.78, 5) is 29.6. The van der Waals surface area contributed by atoms with Crippen molar-refractivity contribution in [1.29, 1.82) is 0 Å². The Morgan fingerprint density at radius 2 is 1.42 bits per heavy atom. The lowest BCUT2D eigenvalue weighted by Gasteiger charge is -2.04. The van der Waals surface area contributed by atoms with E-state index in [1.54, 1.807) is 18.2 Å². The Bertz CT molecular complexity index is 1430. The average molecular weight is 423 g/mol. The van der Waals surface area contributed by atoms with Crippen molar-refractivity contribution in [3.05, 3.63) is 102 Å². The Morgan fingerprint density at radius 3 is 2.26 bits per heavy atom. The van der Waals surface area contributed by atoms with Crippen molar-refractivity contribution in [3.8, 4) is 0 Å². The van der Waals surface area contributed by atoms with Gasteiger partial charge in [-0.05, 0) is 53.2 Å². The summed E-state index contributed by atoms with van der Waals surface area (Å²) in [5, 5.41) is 8.39. The number of fused-ring (bicyclic) bond motifs is 2. The van der Waals surface area contributed by atoms with Crippen molar-refractivity contribution in [2.45, 2.75) is 0 Å². The lowest BCUT2D eigenvalue weighted by atomic mass is 10.1. The number of hydrogen-bond donors (Lipinski definition) is 2. The van der Waals surface area contributed by atoms with Crippen molar-refractivity contribution in [3.63, 3.8) is 0 Å². The Morgan fingerprint density at radius 1 is 0.677 bits per heavy atom. The number of carbonyl (C=O) groups excluding carboxylic acids is 2.